The Kier molecular flexibility index (Phi) is 5.30. The van der Waals surface area contributed by atoms with Crippen molar-refractivity contribution < 1.29 is 19.1 Å². The molecule has 6 heteroatoms. The Hall–Kier alpha value is -1.92. The maximum Gasteiger partial charge on any atom is 0.336 e. The highest BCUT2D eigenvalue weighted by molar-refractivity contribution is 5.94. The van der Waals surface area contributed by atoms with Gasteiger partial charge in [0.2, 0.25) is 5.91 Å². The first-order chi connectivity index (χ1) is 10.1. The maximum atomic E-state index is 12.2. The van der Waals surface area contributed by atoms with Crippen LogP contribution in [0.1, 0.15) is 6.92 Å². The second kappa shape index (κ2) is 7.19. The molecule has 1 fully saturated rings. The fraction of sp³-hybridized carbons (Fsp3) is 0.467. The molecule has 1 aliphatic heterocycles. The Balaban J connectivity index is 1.94. The van der Waals surface area contributed by atoms with E-state index in [1.54, 1.807) is 0 Å². The third-order valence-corrected chi connectivity index (χ3v) is 3.53. The predicted octanol–water partition coefficient (Wildman–Crippen LogP) is 0.887. The number of hydrogen-bond donors (Lipinski definition) is 1. The lowest BCUT2D eigenvalue weighted by atomic mass is 10.2. The molecule has 0 aliphatic carbocycles. The standard InChI is InChI=1S/C15H20N2O4/c1-11(14(18)16-12-6-4-3-5-7-12)17-8-9-21-13(10-17)15(19)20-2/h3-7,11,13H,8-10H2,1-2H3,(H,16,18). The van der Waals surface area contributed by atoms with Crippen LogP contribution in [0.5, 0.6) is 0 Å². The number of para-hydroxylation sites is 1. The molecule has 2 rings (SSSR count). The van der Waals surface area contributed by atoms with Crippen LogP contribution in [0.4, 0.5) is 5.69 Å². The number of nitrogens with zero attached hydrogens (tertiary/aromatic N) is 1. The van der Waals surface area contributed by atoms with Gasteiger partial charge in [0.25, 0.3) is 0 Å². The molecule has 0 radical (unpaired) electrons. The molecule has 1 N–H and O–H groups in total. The Morgan fingerprint density at radius 2 is 2.10 bits per heavy atom. The number of ether oxygens (including phenoxy) is 2. The van der Waals surface area contributed by atoms with Crippen LogP contribution in [0.3, 0.4) is 0 Å². The molecule has 1 aromatic carbocycles. The number of rotatable bonds is 4. The zero-order valence-corrected chi connectivity index (χ0v) is 12.2. The second-order valence-corrected chi connectivity index (χ2v) is 4.91. The molecule has 2 unspecified atom stereocenters. The summed E-state index contributed by atoms with van der Waals surface area (Å²) < 4.78 is 10.0. The van der Waals surface area contributed by atoms with Gasteiger partial charge in [-0.3, -0.25) is 9.69 Å². The van der Waals surface area contributed by atoms with E-state index in [1.807, 2.05) is 42.2 Å². The van der Waals surface area contributed by atoms with E-state index >= 15 is 0 Å². The van der Waals surface area contributed by atoms with Crippen molar-refractivity contribution in [2.24, 2.45) is 0 Å². The minimum atomic E-state index is -0.629. The van der Waals surface area contributed by atoms with E-state index in [1.165, 1.54) is 7.11 Å². The van der Waals surface area contributed by atoms with Crippen molar-refractivity contribution in [1.29, 1.82) is 0 Å². The molecule has 0 bridgehead atoms. The first-order valence-corrected chi connectivity index (χ1v) is 6.91. The number of carbonyl (C=O) groups is 2. The molecule has 114 valence electrons. The molecule has 2 atom stereocenters. The van der Waals surface area contributed by atoms with Crippen molar-refractivity contribution in [3.05, 3.63) is 30.3 Å². The van der Waals surface area contributed by atoms with E-state index in [2.05, 4.69) is 10.1 Å². The summed E-state index contributed by atoms with van der Waals surface area (Å²) in [7, 11) is 1.33. The predicted molar refractivity (Wildman–Crippen MR) is 77.9 cm³/mol. The summed E-state index contributed by atoms with van der Waals surface area (Å²) in [6.45, 7) is 3.19. The van der Waals surface area contributed by atoms with Crippen LogP contribution in [0, 0.1) is 0 Å². The van der Waals surface area contributed by atoms with Crippen LogP contribution in [0.2, 0.25) is 0 Å². The highest BCUT2D eigenvalue weighted by atomic mass is 16.6. The number of morpholine rings is 1. The van der Waals surface area contributed by atoms with E-state index in [-0.39, 0.29) is 11.9 Å². The Morgan fingerprint density at radius 3 is 2.76 bits per heavy atom. The van der Waals surface area contributed by atoms with Gasteiger partial charge in [-0.2, -0.15) is 0 Å². The Morgan fingerprint density at radius 1 is 1.38 bits per heavy atom. The molecule has 1 aromatic rings. The molecule has 1 amide bonds. The summed E-state index contributed by atoms with van der Waals surface area (Å²) in [5, 5.41) is 2.86. The molecule has 0 aromatic heterocycles. The normalized spacial score (nSPS) is 20.6. The first kappa shape index (κ1) is 15.5. The summed E-state index contributed by atoms with van der Waals surface area (Å²) in [6.07, 6.45) is -0.629. The zero-order chi connectivity index (χ0) is 15.2. The van der Waals surface area contributed by atoms with E-state index < -0.39 is 12.1 Å². The average molecular weight is 292 g/mol. The van der Waals surface area contributed by atoms with E-state index in [0.29, 0.717) is 19.7 Å². The fourth-order valence-electron chi connectivity index (χ4n) is 2.23. The monoisotopic (exact) mass is 292 g/mol. The summed E-state index contributed by atoms with van der Waals surface area (Å²) in [6, 6.07) is 8.94. The second-order valence-electron chi connectivity index (χ2n) is 4.91. The van der Waals surface area contributed by atoms with Gasteiger partial charge in [0.15, 0.2) is 6.10 Å². The number of amides is 1. The number of benzene rings is 1. The van der Waals surface area contributed by atoms with E-state index in [9.17, 15) is 9.59 Å². The first-order valence-electron chi connectivity index (χ1n) is 6.91. The Labute approximate surface area is 124 Å². The summed E-state index contributed by atoms with van der Waals surface area (Å²) in [5.41, 5.74) is 0.757. The van der Waals surface area contributed by atoms with Crippen molar-refractivity contribution in [1.82, 2.24) is 4.90 Å². The molecule has 0 saturated carbocycles. The fourth-order valence-corrected chi connectivity index (χ4v) is 2.23. The molecular formula is C15H20N2O4. The highest BCUT2D eigenvalue weighted by Crippen LogP contribution is 2.13. The quantitative estimate of drug-likeness (QED) is 0.835. The number of hydrogen-bond acceptors (Lipinski definition) is 5. The van der Waals surface area contributed by atoms with Crippen molar-refractivity contribution in [3.8, 4) is 0 Å². The molecule has 1 aliphatic rings. The van der Waals surface area contributed by atoms with Crippen molar-refractivity contribution in [3.63, 3.8) is 0 Å². The van der Waals surface area contributed by atoms with Gasteiger partial charge in [-0.1, -0.05) is 18.2 Å². The lowest BCUT2D eigenvalue weighted by Gasteiger charge is -2.34. The maximum absolute atomic E-state index is 12.2. The van der Waals surface area contributed by atoms with E-state index in [0.717, 1.165) is 5.69 Å². The molecule has 1 heterocycles. The number of esters is 1. The summed E-state index contributed by atoms with van der Waals surface area (Å²) >= 11 is 0. The summed E-state index contributed by atoms with van der Waals surface area (Å²) in [5.74, 6) is -0.512. The van der Waals surface area contributed by atoms with Gasteiger partial charge in [-0.05, 0) is 19.1 Å². The number of anilines is 1. The van der Waals surface area contributed by atoms with Crippen LogP contribution in [0.25, 0.3) is 0 Å². The van der Waals surface area contributed by atoms with Crippen LogP contribution < -0.4 is 5.32 Å². The number of methoxy groups -OCH3 is 1. The minimum Gasteiger partial charge on any atom is -0.467 e. The number of nitrogens with one attached hydrogen (secondary N) is 1. The Bertz CT molecular complexity index is 492. The van der Waals surface area contributed by atoms with Gasteiger partial charge in [-0.15, -0.1) is 0 Å². The van der Waals surface area contributed by atoms with Gasteiger partial charge in [0, 0.05) is 18.8 Å². The van der Waals surface area contributed by atoms with Gasteiger partial charge in [0.1, 0.15) is 0 Å². The lowest BCUT2D eigenvalue weighted by molar-refractivity contribution is -0.161. The van der Waals surface area contributed by atoms with Gasteiger partial charge in [-0.25, -0.2) is 4.79 Å². The summed E-state index contributed by atoms with van der Waals surface area (Å²) in [4.78, 5) is 25.7. The third kappa shape index (κ3) is 4.03. The molecule has 21 heavy (non-hydrogen) atoms. The molecule has 1 saturated heterocycles. The van der Waals surface area contributed by atoms with Crippen molar-refractivity contribution >= 4 is 17.6 Å². The van der Waals surface area contributed by atoms with E-state index in [4.69, 9.17) is 4.74 Å². The van der Waals surface area contributed by atoms with Crippen LogP contribution >= 0.6 is 0 Å². The van der Waals surface area contributed by atoms with Gasteiger partial charge >= 0.3 is 5.97 Å². The number of carbonyl (C=O) groups excluding carboxylic acids is 2. The molecule has 6 nitrogen and oxygen atoms in total. The van der Waals surface area contributed by atoms with Crippen LogP contribution in [-0.2, 0) is 19.1 Å². The average Bonchev–Trinajstić information content (AvgIpc) is 2.54. The van der Waals surface area contributed by atoms with Crippen LogP contribution in [-0.4, -0.2) is 55.7 Å². The SMILES string of the molecule is COC(=O)C1CN(C(C)C(=O)Nc2ccccc2)CCO1. The molecule has 0 spiro atoms. The highest BCUT2D eigenvalue weighted by Gasteiger charge is 2.32. The van der Waals surface area contributed by atoms with Crippen LogP contribution in [0.15, 0.2) is 30.3 Å². The molecular weight excluding hydrogens is 272 g/mol. The van der Waals surface area contributed by atoms with Gasteiger partial charge in [0.05, 0.1) is 19.8 Å². The smallest absolute Gasteiger partial charge is 0.336 e. The topological polar surface area (TPSA) is 67.9 Å². The van der Waals surface area contributed by atoms with Crippen molar-refractivity contribution in [2.75, 3.05) is 32.1 Å². The lowest BCUT2D eigenvalue weighted by Crippen LogP contribution is -2.53. The zero-order valence-electron chi connectivity index (χ0n) is 12.2. The van der Waals surface area contributed by atoms with Crippen molar-refractivity contribution in [2.45, 2.75) is 19.1 Å². The largest absolute Gasteiger partial charge is 0.467 e. The van der Waals surface area contributed by atoms with Gasteiger partial charge < -0.3 is 14.8 Å². The third-order valence-electron chi connectivity index (χ3n) is 3.53. The minimum absolute atomic E-state index is 0.105.